The van der Waals surface area contributed by atoms with Gasteiger partial charge in [0.25, 0.3) is 0 Å². The Morgan fingerprint density at radius 1 is 1.14 bits per heavy atom. The van der Waals surface area contributed by atoms with Crippen LogP contribution < -0.4 is 10.5 Å². The molecule has 0 aliphatic rings. The summed E-state index contributed by atoms with van der Waals surface area (Å²) in [5, 5.41) is 0. The van der Waals surface area contributed by atoms with E-state index < -0.39 is 0 Å². The van der Waals surface area contributed by atoms with Crippen molar-refractivity contribution in [3.63, 3.8) is 0 Å². The highest BCUT2D eigenvalue weighted by Gasteiger charge is 2.14. The molecule has 0 aliphatic heterocycles. The molecule has 0 heterocycles. The first-order chi connectivity index (χ1) is 10.1. The van der Waals surface area contributed by atoms with Crippen LogP contribution in [0.5, 0.6) is 5.75 Å². The first-order valence-corrected chi connectivity index (χ1v) is 7.28. The molecule has 0 aromatic heterocycles. The highest BCUT2D eigenvalue weighted by molar-refractivity contribution is 5.79. The van der Waals surface area contributed by atoms with E-state index in [1.165, 1.54) is 6.92 Å². The monoisotopic (exact) mass is 283 g/mol. The molecule has 2 aromatic rings. The summed E-state index contributed by atoms with van der Waals surface area (Å²) in [5.74, 6) is 0.101. The lowest BCUT2D eigenvalue weighted by molar-refractivity contribution is -0.131. The second-order valence-electron chi connectivity index (χ2n) is 5.07. The SMILES string of the molecule is CCCCc1c(-c2ccccc2)ccc(OC(C)=O)c1N. The summed E-state index contributed by atoms with van der Waals surface area (Å²) in [6, 6.07) is 13.9. The van der Waals surface area contributed by atoms with Crippen LogP contribution >= 0.6 is 0 Å². The topological polar surface area (TPSA) is 52.3 Å². The predicted molar refractivity (Wildman–Crippen MR) is 86.2 cm³/mol. The standard InChI is InChI=1S/C18H21NO2/c1-3-4-10-16-15(14-8-6-5-7-9-14)11-12-17(18(16)19)21-13(2)20/h5-9,11-12H,3-4,10,19H2,1-2H3. The Labute approximate surface area is 125 Å². The van der Waals surface area contributed by atoms with Gasteiger partial charge in [-0.2, -0.15) is 0 Å². The Bertz CT molecular complexity index is 621. The maximum Gasteiger partial charge on any atom is 0.308 e. The highest BCUT2D eigenvalue weighted by atomic mass is 16.5. The lowest BCUT2D eigenvalue weighted by Crippen LogP contribution is -2.07. The van der Waals surface area contributed by atoms with Gasteiger partial charge >= 0.3 is 5.97 Å². The van der Waals surface area contributed by atoms with Crippen LogP contribution in [0.4, 0.5) is 5.69 Å². The number of nitrogen functional groups attached to an aromatic ring is 1. The fraction of sp³-hybridized carbons (Fsp3) is 0.278. The van der Waals surface area contributed by atoms with Crippen molar-refractivity contribution in [1.82, 2.24) is 0 Å². The molecule has 2 rings (SSSR count). The lowest BCUT2D eigenvalue weighted by Gasteiger charge is -2.15. The largest absolute Gasteiger partial charge is 0.425 e. The highest BCUT2D eigenvalue weighted by Crippen LogP contribution is 2.35. The second-order valence-corrected chi connectivity index (χ2v) is 5.07. The van der Waals surface area contributed by atoms with Gasteiger partial charge in [-0.25, -0.2) is 0 Å². The van der Waals surface area contributed by atoms with Crippen LogP contribution in [-0.2, 0) is 11.2 Å². The van der Waals surface area contributed by atoms with E-state index in [2.05, 4.69) is 19.1 Å². The number of rotatable bonds is 5. The number of hydrogen-bond donors (Lipinski definition) is 1. The first kappa shape index (κ1) is 15.1. The minimum Gasteiger partial charge on any atom is -0.425 e. The number of ether oxygens (including phenoxy) is 1. The number of carbonyl (C=O) groups is 1. The molecule has 0 radical (unpaired) electrons. The van der Waals surface area contributed by atoms with Crippen molar-refractivity contribution in [1.29, 1.82) is 0 Å². The van der Waals surface area contributed by atoms with Gasteiger partial charge in [0.2, 0.25) is 0 Å². The molecule has 0 atom stereocenters. The zero-order valence-corrected chi connectivity index (χ0v) is 12.6. The maximum absolute atomic E-state index is 11.2. The normalized spacial score (nSPS) is 10.4. The quantitative estimate of drug-likeness (QED) is 0.508. The van der Waals surface area contributed by atoms with Gasteiger partial charge in [0.1, 0.15) is 0 Å². The third-order valence-electron chi connectivity index (χ3n) is 3.44. The van der Waals surface area contributed by atoms with E-state index in [-0.39, 0.29) is 5.97 Å². The molecule has 0 saturated carbocycles. The van der Waals surface area contributed by atoms with Crippen LogP contribution in [0.25, 0.3) is 11.1 Å². The van der Waals surface area contributed by atoms with Crippen LogP contribution in [0.1, 0.15) is 32.3 Å². The van der Waals surface area contributed by atoms with Crippen LogP contribution in [0.15, 0.2) is 42.5 Å². The minimum absolute atomic E-state index is 0.351. The molecule has 21 heavy (non-hydrogen) atoms. The molecule has 0 bridgehead atoms. The van der Waals surface area contributed by atoms with Gasteiger partial charge < -0.3 is 10.5 Å². The van der Waals surface area contributed by atoms with Crippen molar-refractivity contribution in [3.05, 3.63) is 48.0 Å². The van der Waals surface area contributed by atoms with E-state index in [0.29, 0.717) is 11.4 Å². The number of esters is 1. The summed E-state index contributed by atoms with van der Waals surface area (Å²) in [4.78, 5) is 11.2. The van der Waals surface area contributed by atoms with Gasteiger partial charge in [-0.3, -0.25) is 4.79 Å². The molecule has 110 valence electrons. The summed E-state index contributed by atoms with van der Waals surface area (Å²) in [6.45, 7) is 3.53. The number of hydrogen-bond acceptors (Lipinski definition) is 3. The summed E-state index contributed by atoms with van der Waals surface area (Å²) in [7, 11) is 0. The smallest absolute Gasteiger partial charge is 0.308 e. The summed E-state index contributed by atoms with van der Waals surface area (Å²) in [6.07, 6.45) is 3.01. The van der Waals surface area contributed by atoms with E-state index >= 15 is 0 Å². The zero-order valence-electron chi connectivity index (χ0n) is 12.6. The Morgan fingerprint density at radius 2 is 1.86 bits per heavy atom. The van der Waals surface area contributed by atoms with E-state index in [1.54, 1.807) is 6.07 Å². The molecule has 2 N–H and O–H groups in total. The van der Waals surface area contributed by atoms with Crippen molar-refractivity contribution in [2.75, 3.05) is 5.73 Å². The molecular formula is C18H21NO2. The van der Waals surface area contributed by atoms with Gasteiger partial charge in [-0.15, -0.1) is 0 Å². The van der Waals surface area contributed by atoms with Gasteiger partial charge in [-0.1, -0.05) is 49.7 Å². The van der Waals surface area contributed by atoms with Crippen molar-refractivity contribution < 1.29 is 9.53 Å². The Morgan fingerprint density at radius 3 is 2.48 bits per heavy atom. The van der Waals surface area contributed by atoms with Gasteiger partial charge in [-0.05, 0) is 35.6 Å². The number of carbonyl (C=O) groups excluding carboxylic acids is 1. The van der Waals surface area contributed by atoms with Gasteiger partial charge in [0.05, 0.1) is 5.69 Å². The molecule has 2 aromatic carbocycles. The lowest BCUT2D eigenvalue weighted by atomic mass is 9.94. The van der Waals surface area contributed by atoms with Crippen LogP contribution in [-0.4, -0.2) is 5.97 Å². The molecule has 0 fully saturated rings. The Balaban J connectivity index is 2.49. The Hall–Kier alpha value is -2.29. The van der Waals surface area contributed by atoms with Crippen LogP contribution in [0.2, 0.25) is 0 Å². The fourth-order valence-corrected chi connectivity index (χ4v) is 2.40. The summed E-state index contributed by atoms with van der Waals surface area (Å²) >= 11 is 0. The van der Waals surface area contributed by atoms with Crippen molar-refractivity contribution >= 4 is 11.7 Å². The zero-order chi connectivity index (χ0) is 15.2. The number of anilines is 1. The average molecular weight is 283 g/mol. The maximum atomic E-state index is 11.2. The van der Waals surface area contributed by atoms with Crippen molar-refractivity contribution in [2.24, 2.45) is 0 Å². The van der Waals surface area contributed by atoms with E-state index in [0.717, 1.165) is 36.0 Å². The third kappa shape index (κ3) is 3.63. The molecule has 0 amide bonds. The number of benzene rings is 2. The van der Waals surface area contributed by atoms with Crippen molar-refractivity contribution in [3.8, 4) is 16.9 Å². The number of unbranched alkanes of at least 4 members (excludes halogenated alkanes) is 1. The van der Waals surface area contributed by atoms with Crippen molar-refractivity contribution in [2.45, 2.75) is 33.1 Å². The summed E-state index contributed by atoms with van der Waals surface area (Å²) < 4.78 is 5.19. The number of nitrogens with two attached hydrogens (primary N) is 1. The van der Waals surface area contributed by atoms with Crippen LogP contribution in [0.3, 0.4) is 0 Å². The molecule has 3 heteroatoms. The summed E-state index contributed by atoms with van der Waals surface area (Å²) in [5.41, 5.74) is 10.1. The minimum atomic E-state index is -0.351. The first-order valence-electron chi connectivity index (χ1n) is 7.28. The van der Waals surface area contributed by atoms with Crippen LogP contribution in [0, 0.1) is 0 Å². The Kier molecular flexibility index (Phi) is 4.99. The molecule has 3 nitrogen and oxygen atoms in total. The molecular weight excluding hydrogens is 262 g/mol. The van der Waals surface area contributed by atoms with E-state index in [4.69, 9.17) is 10.5 Å². The third-order valence-corrected chi connectivity index (χ3v) is 3.44. The van der Waals surface area contributed by atoms with Gasteiger partial charge in [0, 0.05) is 6.92 Å². The average Bonchev–Trinajstić information content (AvgIpc) is 2.48. The second kappa shape index (κ2) is 6.93. The molecule has 0 spiro atoms. The van der Waals surface area contributed by atoms with E-state index in [1.807, 2.05) is 24.3 Å². The fourth-order valence-electron chi connectivity index (χ4n) is 2.40. The predicted octanol–water partition coefficient (Wildman–Crippen LogP) is 4.20. The molecule has 0 aliphatic carbocycles. The van der Waals surface area contributed by atoms with Gasteiger partial charge in [0.15, 0.2) is 5.75 Å². The molecule has 0 unspecified atom stereocenters. The van der Waals surface area contributed by atoms with E-state index in [9.17, 15) is 4.79 Å². The molecule has 0 saturated heterocycles.